The molecule has 0 radical (unpaired) electrons. The number of halogens is 2. The number of aromatic hydroxyl groups is 1. The minimum Gasteiger partial charge on any atom is -0.506 e. The van der Waals surface area contributed by atoms with Gasteiger partial charge in [0.1, 0.15) is 11.8 Å². The molecular formula is C15H12Cl2N2O. The molecule has 2 aromatic rings. The summed E-state index contributed by atoms with van der Waals surface area (Å²) in [5.41, 5.74) is 2.77. The SMILES string of the molecule is Cc1cccc(NCc2cc(Cl)cc(Cl)c2O)c1C#N. The Labute approximate surface area is 127 Å². The van der Waals surface area contributed by atoms with E-state index < -0.39 is 0 Å². The van der Waals surface area contributed by atoms with Crippen LogP contribution >= 0.6 is 23.2 Å². The van der Waals surface area contributed by atoms with Crippen molar-refractivity contribution >= 4 is 28.9 Å². The molecule has 0 aliphatic rings. The summed E-state index contributed by atoms with van der Waals surface area (Å²) in [6, 6.07) is 10.8. The standard InChI is InChI=1S/C15H12Cl2N2O/c1-9-3-2-4-14(12(9)7-18)19-8-10-5-11(16)6-13(17)15(10)20/h2-6,19-20H,8H2,1H3. The van der Waals surface area contributed by atoms with Gasteiger partial charge in [0.05, 0.1) is 16.3 Å². The van der Waals surface area contributed by atoms with Crippen molar-refractivity contribution in [2.75, 3.05) is 5.32 Å². The van der Waals surface area contributed by atoms with Crippen LogP contribution in [0.2, 0.25) is 10.0 Å². The second-order valence-corrected chi connectivity index (χ2v) is 5.20. The lowest BCUT2D eigenvalue weighted by Gasteiger charge is -2.12. The zero-order valence-corrected chi connectivity index (χ0v) is 12.3. The fraction of sp³-hybridized carbons (Fsp3) is 0.133. The summed E-state index contributed by atoms with van der Waals surface area (Å²) in [4.78, 5) is 0. The zero-order chi connectivity index (χ0) is 14.7. The summed E-state index contributed by atoms with van der Waals surface area (Å²) in [5.74, 6) is -0.00488. The number of anilines is 1. The number of phenolic OH excluding ortho intramolecular Hbond substituents is 1. The van der Waals surface area contributed by atoms with Gasteiger partial charge in [-0.25, -0.2) is 0 Å². The van der Waals surface area contributed by atoms with Crippen LogP contribution in [0.3, 0.4) is 0 Å². The molecule has 20 heavy (non-hydrogen) atoms. The monoisotopic (exact) mass is 306 g/mol. The Morgan fingerprint density at radius 2 is 2.05 bits per heavy atom. The Morgan fingerprint density at radius 3 is 2.75 bits per heavy atom. The molecule has 3 nitrogen and oxygen atoms in total. The van der Waals surface area contributed by atoms with Crippen molar-refractivity contribution in [3.63, 3.8) is 0 Å². The van der Waals surface area contributed by atoms with E-state index in [0.717, 1.165) is 5.56 Å². The predicted octanol–water partition coefficient (Wildman–Crippen LogP) is 4.49. The molecule has 0 spiro atoms. The third-order valence-corrected chi connectivity index (χ3v) is 3.47. The molecule has 0 atom stereocenters. The third-order valence-electron chi connectivity index (χ3n) is 2.96. The zero-order valence-electron chi connectivity index (χ0n) is 10.7. The molecule has 0 amide bonds. The van der Waals surface area contributed by atoms with Gasteiger partial charge in [0, 0.05) is 17.1 Å². The summed E-state index contributed by atoms with van der Waals surface area (Å²) in [5, 5.41) is 22.8. The van der Waals surface area contributed by atoms with Crippen LogP contribution in [0, 0.1) is 18.3 Å². The second-order valence-electron chi connectivity index (χ2n) is 4.36. The Bertz CT molecular complexity index is 693. The number of hydrogen-bond donors (Lipinski definition) is 2. The van der Waals surface area contributed by atoms with Gasteiger partial charge >= 0.3 is 0 Å². The fourth-order valence-electron chi connectivity index (χ4n) is 1.91. The first kappa shape index (κ1) is 14.5. The summed E-state index contributed by atoms with van der Waals surface area (Å²) in [6.07, 6.45) is 0. The predicted molar refractivity (Wildman–Crippen MR) is 81.3 cm³/mol. The molecular weight excluding hydrogens is 295 g/mol. The van der Waals surface area contributed by atoms with Gasteiger partial charge in [0.2, 0.25) is 0 Å². The number of aryl methyl sites for hydroxylation is 1. The molecule has 2 N–H and O–H groups in total. The molecule has 2 rings (SSSR count). The number of nitriles is 1. The molecule has 0 bridgehead atoms. The van der Waals surface area contributed by atoms with Crippen LogP contribution in [0.4, 0.5) is 5.69 Å². The average molecular weight is 307 g/mol. The molecule has 0 saturated carbocycles. The highest BCUT2D eigenvalue weighted by atomic mass is 35.5. The van der Waals surface area contributed by atoms with Gasteiger partial charge in [-0.1, -0.05) is 35.3 Å². The number of rotatable bonds is 3. The smallest absolute Gasteiger partial charge is 0.139 e. The summed E-state index contributed by atoms with van der Waals surface area (Å²) >= 11 is 11.8. The molecule has 0 heterocycles. The molecule has 0 fully saturated rings. The number of hydrogen-bond acceptors (Lipinski definition) is 3. The number of benzene rings is 2. The Hall–Kier alpha value is -1.89. The normalized spacial score (nSPS) is 10.1. The largest absolute Gasteiger partial charge is 0.506 e. The first-order valence-corrected chi connectivity index (χ1v) is 6.69. The number of nitrogens with one attached hydrogen (secondary N) is 1. The lowest BCUT2D eigenvalue weighted by atomic mass is 10.1. The van der Waals surface area contributed by atoms with E-state index in [9.17, 15) is 5.11 Å². The van der Waals surface area contributed by atoms with Crippen LogP contribution in [-0.4, -0.2) is 5.11 Å². The van der Waals surface area contributed by atoms with Crippen LogP contribution in [0.25, 0.3) is 0 Å². The Kier molecular flexibility index (Phi) is 4.39. The van der Waals surface area contributed by atoms with E-state index in [1.54, 1.807) is 6.07 Å². The number of phenols is 1. The van der Waals surface area contributed by atoms with E-state index in [4.69, 9.17) is 28.5 Å². The molecule has 0 unspecified atom stereocenters. The molecule has 0 aliphatic heterocycles. The van der Waals surface area contributed by atoms with Crippen molar-refractivity contribution < 1.29 is 5.11 Å². The van der Waals surface area contributed by atoms with E-state index in [0.29, 0.717) is 28.4 Å². The van der Waals surface area contributed by atoms with Crippen LogP contribution in [-0.2, 0) is 6.54 Å². The number of nitrogens with zero attached hydrogens (tertiary/aromatic N) is 1. The summed E-state index contributed by atoms with van der Waals surface area (Å²) in [6.45, 7) is 2.20. The van der Waals surface area contributed by atoms with Crippen molar-refractivity contribution in [1.82, 2.24) is 0 Å². The van der Waals surface area contributed by atoms with Crippen molar-refractivity contribution in [2.24, 2.45) is 0 Å². The molecule has 2 aromatic carbocycles. The highest BCUT2D eigenvalue weighted by Gasteiger charge is 2.09. The fourth-order valence-corrected chi connectivity index (χ4v) is 2.44. The Morgan fingerprint density at radius 1 is 1.30 bits per heavy atom. The maximum atomic E-state index is 9.89. The summed E-state index contributed by atoms with van der Waals surface area (Å²) < 4.78 is 0. The molecule has 0 aliphatic carbocycles. The summed E-state index contributed by atoms with van der Waals surface area (Å²) in [7, 11) is 0. The minimum absolute atomic E-state index is 0.00488. The van der Waals surface area contributed by atoms with Gasteiger partial charge in [0.15, 0.2) is 0 Å². The van der Waals surface area contributed by atoms with Gasteiger partial charge < -0.3 is 10.4 Å². The van der Waals surface area contributed by atoms with Crippen molar-refractivity contribution in [3.05, 3.63) is 57.1 Å². The van der Waals surface area contributed by atoms with Crippen LogP contribution in [0.5, 0.6) is 5.75 Å². The van der Waals surface area contributed by atoms with Crippen LogP contribution in [0.15, 0.2) is 30.3 Å². The van der Waals surface area contributed by atoms with E-state index >= 15 is 0 Å². The first-order chi connectivity index (χ1) is 9.52. The van der Waals surface area contributed by atoms with E-state index in [2.05, 4.69) is 11.4 Å². The van der Waals surface area contributed by atoms with Gasteiger partial charge in [0.25, 0.3) is 0 Å². The second kappa shape index (κ2) is 6.04. The molecule has 0 saturated heterocycles. The Balaban J connectivity index is 2.26. The van der Waals surface area contributed by atoms with Crippen LogP contribution < -0.4 is 5.32 Å². The van der Waals surface area contributed by atoms with Gasteiger partial charge in [-0.15, -0.1) is 0 Å². The van der Waals surface area contributed by atoms with Crippen molar-refractivity contribution in [2.45, 2.75) is 13.5 Å². The van der Waals surface area contributed by atoms with E-state index in [-0.39, 0.29) is 10.8 Å². The highest BCUT2D eigenvalue weighted by molar-refractivity contribution is 6.35. The molecule has 5 heteroatoms. The van der Waals surface area contributed by atoms with Gasteiger partial charge in [-0.05, 0) is 30.7 Å². The van der Waals surface area contributed by atoms with Crippen LogP contribution in [0.1, 0.15) is 16.7 Å². The van der Waals surface area contributed by atoms with E-state index in [1.165, 1.54) is 6.07 Å². The first-order valence-electron chi connectivity index (χ1n) is 5.93. The molecule has 0 aromatic heterocycles. The topological polar surface area (TPSA) is 56.0 Å². The highest BCUT2D eigenvalue weighted by Crippen LogP contribution is 2.32. The maximum Gasteiger partial charge on any atom is 0.139 e. The minimum atomic E-state index is -0.00488. The molecule has 102 valence electrons. The van der Waals surface area contributed by atoms with Gasteiger partial charge in [-0.2, -0.15) is 5.26 Å². The van der Waals surface area contributed by atoms with Crippen molar-refractivity contribution in [3.8, 4) is 11.8 Å². The maximum absolute atomic E-state index is 9.89. The van der Waals surface area contributed by atoms with Gasteiger partial charge in [-0.3, -0.25) is 0 Å². The van der Waals surface area contributed by atoms with Crippen molar-refractivity contribution in [1.29, 1.82) is 5.26 Å². The lowest BCUT2D eigenvalue weighted by molar-refractivity contribution is 0.469. The van der Waals surface area contributed by atoms with E-state index in [1.807, 2.05) is 25.1 Å². The third kappa shape index (κ3) is 2.98. The lowest BCUT2D eigenvalue weighted by Crippen LogP contribution is -2.02. The average Bonchev–Trinajstić information content (AvgIpc) is 2.41. The quantitative estimate of drug-likeness (QED) is 0.878.